The Morgan fingerprint density at radius 1 is 0.296 bits per heavy atom. The van der Waals surface area contributed by atoms with Gasteiger partial charge in [0.05, 0.1) is 45.2 Å². The lowest BCUT2D eigenvalue weighted by atomic mass is 9.86. The number of hydrogen-bond acceptors (Lipinski definition) is 6. The second-order valence-corrected chi connectivity index (χ2v) is 14.6. The average Bonchev–Trinajstić information content (AvgIpc) is 4.00. The van der Waals surface area contributed by atoms with Gasteiger partial charge in [-0.2, -0.15) is 0 Å². The normalized spacial score (nSPS) is 11.3. The van der Waals surface area contributed by atoms with Crippen molar-refractivity contribution in [3.63, 3.8) is 0 Å². The zero-order chi connectivity index (χ0) is 35.8. The number of aromatic nitrogens is 4. The lowest BCUT2D eigenvalue weighted by molar-refractivity contribution is 1.28. The van der Waals surface area contributed by atoms with Crippen LogP contribution in [0.2, 0.25) is 0 Å². The highest BCUT2D eigenvalue weighted by molar-refractivity contribution is 7.08. The summed E-state index contributed by atoms with van der Waals surface area (Å²) in [5, 5.41) is 8.55. The molecule has 0 spiro atoms. The predicted octanol–water partition coefficient (Wildman–Crippen LogP) is 13.4. The van der Waals surface area contributed by atoms with E-state index in [1.54, 1.807) is 22.7 Å². The van der Waals surface area contributed by atoms with E-state index in [0.29, 0.717) is 0 Å². The first-order valence-electron chi connectivity index (χ1n) is 17.7. The minimum absolute atomic E-state index is 0.854. The van der Waals surface area contributed by atoms with E-state index in [1.165, 1.54) is 22.3 Å². The van der Waals surface area contributed by atoms with Crippen LogP contribution in [0.25, 0.3) is 100 Å². The Morgan fingerprint density at radius 3 is 1.24 bits per heavy atom. The number of benzene rings is 6. The maximum atomic E-state index is 5.27. The molecule has 6 heteroatoms. The van der Waals surface area contributed by atoms with Gasteiger partial charge >= 0.3 is 0 Å². The van der Waals surface area contributed by atoms with E-state index < -0.39 is 0 Å². The second kappa shape index (κ2) is 13.7. The molecule has 0 saturated heterocycles. The van der Waals surface area contributed by atoms with Crippen molar-refractivity contribution in [2.75, 3.05) is 0 Å². The largest absolute Gasteiger partial charge is 0.246 e. The molecule has 10 rings (SSSR count). The highest BCUT2D eigenvalue weighted by atomic mass is 32.1. The zero-order valence-corrected chi connectivity index (χ0v) is 30.6. The molecule has 0 fully saturated rings. The molecular weight excluding hydrogens is 697 g/mol. The van der Waals surface area contributed by atoms with Crippen LogP contribution in [0, 0.1) is 0 Å². The van der Waals surface area contributed by atoms with Crippen molar-refractivity contribution >= 4 is 44.2 Å². The molecule has 4 nitrogen and oxygen atoms in total. The Bertz CT molecular complexity index is 2860. The molecular formula is C48H30N4S2. The third-order valence-corrected chi connectivity index (χ3v) is 11.1. The minimum atomic E-state index is 0.854. The second-order valence-electron chi connectivity index (χ2n) is 13.2. The Labute approximate surface area is 320 Å². The molecule has 0 unspecified atom stereocenters. The zero-order valence-electron chi connectivity index (χ0n) is 28.9. The summed E-state index contributed by atoms with van der Waals surface area (Å²) in [6.07, 6.45) is 0. The first-order valence-corrected chi connectivity index (χ1v) is 19.6. The molecule has 0 aliphatic heterocycles. The van der Waals surface area contributed by atoms with Crippen molar-refractivity contribution in [2.45, 2.75) is 0 Å². The predicted molar refractivity (Wildman–Crippen MR) is 226 cm³/mol. The van der Waals surface area contributed by atoms with E-state index in [2.05, 4.69) is 161 Å². The van der Waals surface area contributed by atoms with Crippen LogP contribution in [-0.4, -0.2) is 19.9 Å². The summed E-state index contributed by atoms with van der Waals surface area (Å²) in [5.74, 6) is 0. The Balaban J connectivity index is 1.27. The number of nitrogens with zero attached hydrogens (tertiary/aromatic N) is 4. The molecule has 10 aromatic rings. The SMILES string of the molecule is c1ccc(-c2cc(-c3ccccc3)cc(-c3ccc4c(-c5cccc(-c6cscn6)n5)c5ccccc5c(-c5cccc(-c6cscn6)n5)c4c3)c2)cc1. The monoisotopic (exact) mass is 726 g/mol. The van der Waals surface area contributed by atoms with E-state index >= 15 is 0 Å². The van der Waals surface area contributed by atoms with Gasteiger partial charge in [-0.3, -0.25) is 0 Å². The molecule has 0 radical (unpaired) electrons. The molecule has 0 atom stereocenters. The molecule has 54 heavy (non-hydrogen) atoms. The van der Waals surface area contributed by atoms with E-state index in [1.807, 2.05) is 28.5 Å². The van der Waals surface area contributed by atoms with Crippen molar-refractivity contribution in [1.29, 1.82) is 0 Å². The van der Waals surface area contributed by atoms with E-state index in [0.717, 1.165) is 78.0 Å². The number of fused-ring (bicyclic) bond motifs is 2. The van der Waals surface area contributed by atoms with Crippen LogP contribution in [-0.2, 0) is 0 Å². The number of rotatable bonds is 7. The van der Waals surface area contributed by atoms with Gasteiger partial charge < -0.3 is 0 Å². The summed E-state index contributed by atoms with van der Waals surface area (Å²) in [6.45, 7) is 0. The molecule has 254 valence electrons. The van der Waals surface area contributed by atoms with Crippen LogP contribution in [0.15, 0.2) is 180 Å². The summed E-state index contributed by atoms with van der Waals surface area (Å²) < 4.78 is 0. The number of thiazole rings is 2. The first kappa shape index (κ1) is 32.1. The van der Waals surface area contributed by atoms with Crippen LogP contribution in [0.3, 0.4) is 0 Å². The highest BCUT2D eigenvalue weighted by Gasteiger charge is 2.20. The fourth-order valence-corrected chi connectivity index (χ4v) is 8.50. The Kier molecular flexibility index (Phi) is 8.17. The highest BCUT2D eigenvalue weighted by Crippen LogP contribution is 2.45. The van der Waals surface area contributed by atoms with Gasteiger partial charge in [-0.05, 0) is 103 Å². The van der Waals surface area contributed by atoms with Gasteiger partial charge in [-0.1, -0.05) is 109 Å². The Morgan fingerprint density at radius 2 is 0.741 bits per heavy atom. The third kappa shape index (κ3) is 5.88. The van der Waals surface area contributed by atoms with Gasteiger partial charge in [0.25, 0.3) is 0 Å². The fourth-order valence-electron chi connectivity index (χ4n) is 7.41. The quantitative estimate of drug-likeness (QED) is 0.153. The van der Waals surface area contributed by atoms with Crippen LogP contribution in [0.4, 0.5) is 0 Å². The average molecular weight is 727 g/mol. The molecule has 0 N–H and O–H groups in total. The van der Waals surface area contributed by atoms with Gasteiger partial charge in [0, 0.05) is 21.9 Å². The lowest BCUT2D eigenvalue weighted by Crippen LogP contribution is -1.96. The van der Waals surface area contributed by atoms with Crippen molar-refractivity contribution < 1.29 is 0 Å². The molecule has 0 aliphatic rings. The van der Waals surface area contributed by atoms with Crippen LogP contribution in [0.1, 0.15) is 0 Å². The number of pyridine rings is 2. The maximum absolute atomic E-state index is 5.27. The third-order valence-electron chi connectivity index (χ3n) is 9.90. The van der Waals surface area contributed by atoms with Crippen molar-refractivity contribution in [2.24, 2.45) is 0 Å². The summed E-state index contributed by atoms with van der Waals surface area (Å²) in [5.41, 5.74) is 18.1. The summed E-state index contributed by atoms with van der Waals surface area (Å²) in [7, 11) is 0. The van der Waals surface area contributed by atoms with Crippen LogP contribution >= 0.6 is 22.7 Å². The standard InChI is InChI=1S/C48H30N4S2/c1-3-11-31(12-4-1)34-23-35(32-13-5-2-6-14-32)25-36(24-34)33-21-22-39-40(26-33)48(44-20-10-18-42(52-44)46-28-54-30-50-46)38-16-8-7-15-37(38)47(39)43-19-9-17-41(51-43)45-27-53-29-49-45/h1-30H. The Hall–Kier alpha value is -6.60. The van der Waals surface area contributed by atoms with Crippen molar-refractivity contribution in [3.8, 4) is 78.7 Å². The number of hydrogen-bond donors (Lipinski definition) is 0. The van der Waals surface area contributed by atoms with Gasteiger partial charge in [0.2, 0.25) is 0 Å². The first-order chi connectivity index (χ1) is 26.8. The minimum Gasteiger partial charge on any atom is -0.246 e. The van der Waals surface area contributed by atoms with Crippen molar-refractivity contribution in [1.82, 2.24) is 19.9 Å². The molecule has 4 heterocycles. The van der Waals surface area contributed by atoms with Gasteiger partial charge in [0.15, 0.2) is 0 Å². The van der Waals surface area contributed by atoms with Crippen LogP contribution < -0.4 is 0 Å². The smallest absolute Gasteiger partial charge is 0.0995 e. The van der Waals surface area contributed by atoms with Gasteiger partial charge in [0.1, 0.15) is 0 Å². The fraction of sp³-hybridized carbons (Fsp3) is 0. The maximum Gasteiger partial charge on any atom is 0.0995 e. The van der Waals surface area contributed by atoms with Gasteiger partial charge in [-0.15, -0.1) is 22.7 Å². The summed E-state index contributed by atoms with van der Waals surface area (Å²) in [6, 6.07) is 56.2. The lowest BCUT2D eigenvalue weighted by Gasteiger charge is -2.19. The summed E-state index contributed by atoms with van der Waals surface area (Å²) >= 11 is 3.15. The topological polar surface area (TPSA) is 51.6 Å². The summed E-state index contributed by atoms with van der Waals surface area (Å²) in [4.78, 5) is 19.7. The molecule has 4 aromatic heterocycles. The van der Waals surface area contributed by atoms with E-state index in [9.17, 15) is 0 Å². The van der Waals surface area contributed by atoms with Crippen molar-refractivity contribution in [3.05, 3.63) is 180 Å². The molecule has 6 aromatic carbocycles. The molecule has 0 saturated carbocycles. The molecule has 0 amide bonds. The van der Waals surface area contributed by atoms with Gasteiger partial charge in [-0.25, -0.2) is 19.9 Å². The van der Waals surface area contributed by atoms with E-state index in [-0.39, 0.29) is 0 Å². The van der Waals surface area contributed by atoms with Crippen LogP contribution in [0.5, 0.6) is 0 Å². The molecule has 0 aliphatic carbocycles. The molecule has 0 bridgehead atoms. The van der Waals surface area contributed by atoms with E-state index in [4.69, 9.17) is 9.97 Å².